The number of hydrogen-bond acceptors (Lipinski definition) is 1. The number of hydrogen-bond donors (Lipinski definition) is 1. The van der Waals surface area contributed by atoms with Gasteiger partial charge >= 0.3 is 0 Å². The van der Waals surface area contributed by atoms with Crippen LogP contribution in [0.4, 0.5) is 0 Å². The summed E-state index contributed by atoms with van der Waals surface area (Å²) in [6.45, 7) is 8.92. The minimum atomic E-state index is 0.448. The average molecular weight is 262 g/mol. The lowest BCUT2D eigenvalue weighted by atomic mass is 10.0. The maximum atomic E-state index is 5.47. The highest BCUT2D eigenvalue weighted by Crippen LogP contribution is 2.25. The van der Waals surface area contributed by atoms with E-state index in [1.807, 2.05) is 0 Å². The lowest BCUT2D eigenvalue weighted by Gasteiger charge is -2.18. The summed E-state index contributed by atoms with van der Waals surface area (Å²) in [7, 11) is 0. The fourth-order valence-electron chi connectivity index (χ4n) is 2.54. The smallest absolute Gasteiger partial charge is 0.178 e. The lowest BCUT2D eigenvalue weighted by molar-refractivity contribution is 0.402. The first kappa shape index (κ1) is 13.3. The molecule has 0 saturated carbocycles. The number of fused-ring (bicyclic) bond motifs is 1. The number of benzene rings is 1. The molecule has 0 aliphatic heterocycles. The second-order valence-electron chi connectivity index (χ2n) is 5.42. The average Bonchev–Trinajstić information content (AvgIpc) is 2.63. The van der Waals surface area contributed by atoms with Gasteiger partial charge in [0.05, 0.1) is 11.0 Å². The Kier molecular flexibility index (Phi) is 3.91. The van der Waals surface area contributed by atoms with Crippen LogP contribution in [0, 0.1) is 17.6 Å². The monoisotopic (exact) mass is 262 g/mol. The van der Waals surface area contributed by atoms with Gasteiger partial charge in [-0.25, -0.2) is 0 Å². The minimum absolute atomic E-state index is 0.448. The molecule has 0 aliphatic carbocycles. The Morgan fingerprint density at radius 2 is 2.06 bits per heavy atom. The first-order valence-electron chi connectivity index (χ1n) is 6.73. The van der Waals surface area contributed by atoms with Gasteiger partial charge in [0.15, 0.2) is 4.77 Å². The van der Waals surface area contributed by atoms with E-state index in [0.717, 1.165) is 16.2 Å². The molecular weight excluding hydrogens is 240 g/mol. The molecule has 0 aliphatic rings. The fraction of sp³-hybridized carbons (Fsp3) is 0.533. The lowest BCUT2D eigenvalue weighted by Crippen LogP contribution is -2.09. The van der Waals surface area contributed by atoms with Crippen LogP contribution >= 0.6 is 12.2 Å². The van der Waals surface area contributed by atoms with Crippen molar-refractivity contribution in [3.8, 4) is 0 Å². The van der Waals surface area contributed by atoms with E-state index in [9.17, 15) is 0 Å². The SMILES string of the molecule is CCC(C)CC(C)n1c(=S)[nH]c2cc(C)ccc21. The second kappa shape index (κ2) is 5.27. The molecule has 18 heavy (non-hydrogen) atoms. The zero-order valence-electron chi connectivity index (χ0n) is 11.7. The predicted molar refractivity (Wildman–Crippen MR) is 80.6 cm³/mol. The molecule has 2 nitrogen and oxygen atoms in total. The summed E-state index contributed by atoms with van der Waals surface area (Å²) < 4.78 is 3.10. The number of aromatic nitrogens is 2. The molecule has 0 radical (unpaired) electrons. The van der Waals surface area contributed by atoms with E-state index in [2.05, 4.69) is 55.4 Å². The van der Waals surface area contributed by atoms with Gasteiger partial charge in [-0.2, -0.15) is 0 Å². The molecule has 0 amide bonds. The van der Waals surface area contributed by atoms with E-state index >= 15 is 0 Å². The molecule has 2 aromatic rings. The van der Waals surface area contributed by atoms with Gasteiger partial charge in [0, 0.05) is 6.04 Å². The molecule has 1 aromatic heterocycles. The summed E-state index contributed by atoms with van der Waals surface area (Å²) in [5.74, 6) is 0.734. The molecule has 0 fully saturated rings. The zero-order valence-corrected chi connectivity index (χ0v) is 12.5. The maximum Gasteiger partial charge on any atom is 0.178 e. The van der Waals surface area contributed by atoms with Crippen molar-refractivity contribution >= 4 is 23.3 Å². The van der Waals surface area contributed by atoms with Gasteiger partial charge in [-0.05, 0) is 56.1 Å². The van der Waals surface area contributed by atoms with Crippen molar-refractivity contribution in [1.82, 2.24) is 9.55 Å². The summed E-state index contributed by atoms with van der Waals surface area (Å²) in [4.78, 5) is 3.32. The number of aromatic amines is 1. The van der Waals surface area contributed by atoms with Gasteiger partial charge < -0.3 is 9.55 Å². The first-order chi connectivity index (χ1) is 8.52. The Bertz CT molecular complexity index is 594. The van der Waals surface area contributed by atoms with E-state index in [1.54, 1.807) is 0 Å². The highest BCUT2D eigenvalue weighted by atomic mass is 32.1. The Hall–Kier alpha value is -1.09. The van der Waals surface area contributed by atoms with Crippen LogP contribution in [0.2, 0.25) is 0 Å². The van der Waals surface area contributed by atoms with Crippen molar-refractivity contribution < 1.29 is 0 Å². The topological polar surface area (TPSA) is 20.7 Å². The van der Waals surface area contributed by atoms with Crippen molar-refractivity contribution in [2.24, 2.45) is 5.92 Å². The predicted octanol–water partition coefficient (Wildman–Crippen LogP) is 5.00. The highest BCUT2D eigenvalue weighted by Gasteiger charge is 2.13. The van der Waals surface area contributed by atoms with Crippen LogP contribution in [-0.2, 0) is 0 Å². The van der Waals surface area contributed by atoms with E-state index < -0.39 is 0 Å². The largest absolute Gasteiger partial charge is 0.331 e. The number of nitrogens with one attached hydrogen (secondary N) is 1. The molecule has 2 rings (SSSR count). The maximum absolute atomic E-state index is 5.47. The summed E-state index contributed by atoms with van der Waals surface area (Å²) in [6, 6.07) is 6.93. The molecule has 2 atom stereocenters. The second-order valence-corrected chi connectivity index (χ2v) is 5.81. The van der Waals surface area contributed by atoms with Crippen LogP contribution in [0.3, 0.4) is 0 Å². The zero-order chi connectivity index (χ0) is 13.3. The van der Waals surface area contributed by atoms with E-state index in [1.165, 1.54) is 23.9 Å². The quantitative estimate of drug-likeness (QED) is 0.769. The molecule has 3 heteroatoms. The Balaban J connectivity index is 2.44. The summed E-state index contributed by atoms with van der Waals surface area (Å²) >= 11 is 5.47. The Labute approximate surface area is 114 Å². The summed E-state index contributed by atoms with van der Waals surface area (Å²) in [6.07, 6.45) is 2.39. The minimum Gasteiger partial charge on any atom is -0.331 e. The molecule has 2 unspecified atom stereocenters. The highest BCUT2D eigenvalue weighted by molar-refractivity contribution is 7.71. The van der Waals surface area contributed by atoms with Crippen LogP contribution < -0.4 is 0 Å². The number of imidazole rings is 1. The van der Waals surface area contributed by atoms with Crippen LogP contribution in [0.15, 0.2) is 18.2 Å². The number of H-pyrrole nitrogens is 1. The van der Waals surface area contributed by atoms with Crippen LogP contribution in [0.25, 0.3) is 11.0 Å². The van der Waals surface area contributed by atoms with Gasteiger partial charge in [0.1, 0.15) is 0 Å². The van der Waals surface area contributed by atoms with Gasteiger partial charge in [0.2, 0.25) is 0 Å². The Morgan fingerprint density at radius 3 is 2.72 bits per heavy atom. The van der Waals surface area contributed by atoms with E-state index in [4.69, 9.17) is 12.2 Å². The molecule has 98 valence electrons. The molecular formula is C15H22N2S. The van der Waals surface area contributed by atoms with E-state index in [-0.39, 0.29) is 0 Å². The van der Waals surface area contributed by atoms with Gasteiger partial charge in [-0.15, -0.1) is 0 Å². The van der Waals surface area contributed by atoms with Crippen LogP contribution in [0.5, 0.6) is 0 Å². The number of aryl methyl sites for hydroxylation is 1. The van der Waals surface area contributed by atoms with Crippen molar-refractivity contribution in [2.45, 2.75) is 46.6 Å². The molecule has 0 spiro atoms. The van der Waals surface area contributed by atoms with Gasteiger partial charge in [0.25, 0.3) is 0 Å². The van der Waals surface area contributed by atoms with Gasteiger partial charge in [-0.3, -0.25) is 0 Å². The fourth-order valence-corrected chi connectivity index (χ4v) is 2.93. The molecule has 0 saturated heterocycles. The first-order valence-corrected chi connectivity index (χ1v) is 7.14. The molecule has 1 heterocycles. The van der Waals surface area contributed by atoms with Crippen molar-refractivity contribution in [3.63, 3.8) is 0 Å². The normalized spacial score (nSPS) is 14.9. The number of rotatable bonds is 4. The third-order valence-electron chi connectivity index (χ3n) is 3.75. The standard InChI is InChI=1S/C15H22N2S/c1-5-10(2)8-12(4)17-14-7-6-11(3)9-13(14)16-15(17)18/h6-7,9-10,12H,5,8H2,1-4H3,(H,16,18). The summed E-state index contributed by atoms with van der Waals surface area (Å²) in [5.41, 5.74) is 3.64. The molecule has 1 N–H and O–H groups in total. The van der Waals surface area contributed by atoms with Crippen molar-refractivity contribution in [2.75, 3.05) is 0 Å². The van der Waals surface area contributed by atoms with Crippen molar-refractivity contribution in [1.29, 1.82) is 0 Å². The van der Waals surface area contributed by atoms with Crippen LogP contribution in [0.1, 0.15) is 45.2 Å². The molecule has 0 bridgehead atoms. The summed E-state index contributed by atoms with van der Waals surface area (Å²) in [5, 5.41) is 0. The molecule has 1 aromatic carbocycles. The van der Waals surface area contributed by atoms with E-state index in [0.29, 0.717) is 6.04 Å². The van der Waals surface area contributed by atoms with Crippen molar-refractivity contribution in [3.05, 3.63) is 28.5 Å². The third kappa shape index (κ3) is 2.51. The Morgan fingerprint density at radius 1 is 1.33 bits per heavy atom. The van der Waals surface area contributed by atoms with Gasteiger partial charge in [-0.1, -0.05) is 26.3 Å². The number of nitrogens with zero attached hydrogens (tertiary/aromatic N) is 1. The van der Waals surface area contributed by atoms with Crippen LogP contribution in [-0.4, -0.2) is 9.55 Å². The third-order valence-corrected chi connectivity index (χ3v) is 4.05.